The predicted molar refractivity (Wildman–Crippen MR) is 76.4 cm³/mol. The third kappa shape index (κ3) is 2.70. The zero-order valence-corrected chi connectivity index (χ0v) is 11.4. The molecule has 0 aliphatic rings. The second-order valence-electron chi connectivity index (χ2n) is 4.00. The van der Waals surface area contributed by atoms with Gasteiger partial charge in [-0.15, -0.1) is 11.3 Å². The largest absolute Gasteiger partial charge is 0.394 e. The Morgan fingerprint density at radius 2 is 2.22 bits per heavy atom. The molecule has 18 heavy (non-hydrogen) atoms. The van der Waals surface area contributed by atoms with Crippen molar-refractivity contribution in [1.29, 1.82) is 0 Å². The van der Waals surface area contributed by atoms with Crippen molar-refractivity contribution in [2.75, 3.05) is 23.8 Å². The van der Waals surface area contributed by atoms with Gasteiger partial charge < -0.3 is 15.7 Å². The highest BCUT2D eigenvalue weighted by molar-refractivity contribution is 7.16. The first kappa shape index (κ1) is 13.0. The van der Waals surface area contributed by atoms with Crippen LogP contribution in [0.5, 0.6) is 0 Å². The molecule has 0 saturated heterocycles. The van der Waals surface area contributed by atoms with E-state index in [-0.39, 0.29) is 12.6 Å². The fourth-order valence-corrected chi connectivity index (χ4v) is 2.44. The molecule has 1 atom stereocenters. The SMILES string of the molecule is CCNc1nc(NC(CC)CO)c2ccsc2n1. The molecule has 0 radical (unpaired) electrons. The summed E-state index contributed by atoms with van der Waals surface area (Å²) < 4.78 is 0. The molecule has 6 heteroatoms. The maximum Gasteiger partial charge on any atom is 0.226 e. The van der Waals surface area contributed by atoms with Crippen LogP contribution in [0.4, 0.5) is 11.8 Å². The van der Waals surface area contributed by atoms with Gasteiger partial charge in [0.2, 0.25) is 5.95 Å². The van der Waals surface area contributed by atoms with E-state index in [1.54, 1.807) is 11.3 Å². The first-order valence-corrected chi connectivity index (χ1v) is 7.03. The molecule has 5 nitrogen and oxygen atoms in total. The van der Waals surface area contributed by atoms with Crippen LogP contribution in [-0.2, 0) is 0 Å². The summed E-state index contributed by atoms with van der Waals surface area (Å²) >= 11 is 1.59. The summed E-state index contributed by atoms with van der Waals surface area (Å²) in [4.78, 5) is 9.85. The highest BCUT2D eigenvalue weighted by Gasteiger charge is 2.11. The van der Waals surface area contributed by atoms with Crippen molar-refractivity contribution < 1.29 is 5.11 Å². The molecule has 0 amide bonds. The fourth-order valence-electron chi connectivity index (χ4n) is 1.67. The molecule has 0 saturated carbocycles. The lowest BCUT2D eigenvalue weighted by molar-refractivity contribution is 0.271. The molecular weight excluding hydrogens is 248 g/mol. The standard InChI is InChI=1S/C12H18N4OS/c1-3-8(7-17)14-10-9-5-6-18-11(9)16-12(15-10)13-4-2/h5-6,8,17H,3-4,7H2,1-2H3,(H2,13,14,15,16). The average Bonchev–Trinajstić information content (AvgIpc) is 2.84. The summed E-state index contributed by atoms with van der Waals surface area (Å²) in [5, 5.41) is 18.7. The highest BCUT2D eigenvalue weighted by atomic mass is 32.1. The van der Waals surface area contributed by atoms with Gasteiger partial charge >= 0.3 is 0 Å². The van der Waals surface area contributed by atoms with Crippen LogP contribution in [0.2, 0.25) is 0 Å². The monoisotopic (exact) mass is 266 g/mol. The first-order valence-electron chi connectivity index (χ1n) is 6.15. The summed E-state index contributed by atoms with van der Waals surface area (Å²) in [6.45, 7) is 4.93. The predicted octanol–water partition coefficient (Wildman–Crippen LogP) is 2.31. The molecule has 0 spiro atoms. The molecular formula is C12H18N4OS. The van der Waals surface area contributed by atoms with Crippen molar-refractivity contribution in [2.24, 2.45) is 0 Å². The van der Waals surface area contributed by atoms with Crippen LogP contribution in [0.15, 0.2) is 11.4 Å². The second kappa shape index (κ2) is 5.97. The Kier molecular flexibility index (Phi) is 4.33. The Hall–Kier alpha value is -1.40. The van der Waals surface area contributed by atoms with Crippen LogP contribution in [0.25, 0.3) is 10.2 Å². The minimum atomic E-state index is 0.0254. The number of aliphatic hydroxyl groups is 1. The van der Waals surface area contributed by atoms with Crippen LogP contribution in [0.3, 0.4) is 0 Å². The van der Waals surface area contributed by atoms with Crippen LogP contribution < -0.4 is 10.6 Å². The Labute approximate surface area is 110 Å². The summed E-state index contributed by atoms with van der Waals surface area (Å²) in [7, 11) is 0. The van der Waals surface area contributed by atoms with E-state index in [1.807, 2.05) is 25.3 Å². The minimum absolute atomic E-state index is 0.0254. The minimum Gasteiger partial charge on any atom is -0.394 e. The highest BCUT2D eigenvalue weighted by Crippen LogP contribution is 2.27. The number of nitrogens with zero attached hydrogens (tertiary/aromatic N) is 2. The van der Waals surface area contributed by atoms with Crippen LogP contribution in [0, 0.1) is 0 Å². The van der Waals surface area contributed by atoms with E-state index >= 15 is 0 Å². The Balaban J connectivity index is 2.36. The Morgan fingerprint density at radius 1 is 1.39 bits per heavy atom. The number of nitrogens with one attached hydrogen (secondary N) is 2. The smallest absolute Gasteiger partial charge is 0.226 e. The van der Waals surface area contributed by atoms with Gasteiger partial charge in [-0.05, 0) is 24.8 Å². The van der Waals surface area contributed by atoms with Gasteiger partial charge in [0.25, 0.3) is 0 Å². The van der Waals surface area contributed by atoms with Gasteiger partial charge in [-0.2, -0.15) is 4.98 Å². The number of fused-ring (bicyclic) bond motifs is 1. The molecule has 0 aliphatic carbocycles. The molecule has 2 aromatic heterocycles. The van der Waals surface area contributed by atoms with Gasteiger partial charge in [0, 0.05) is 6.54 Å². The third-order valence-corrected chi connectivity index (χ3v) is 3.52. The van der Waals surface area contributed by atoms with E-state index in [9.17, 15) is 5.11 Å². The second-order valence-corrected chi connectivity index (χ2v) is 4.89. The number of thiophene rings is 1. The molecule has 2 aromatic rings. The summed E-state index contributed by atoms with van der Waals surface area (Å²) in [5.74, 6) is 1.42. The van der Waals surface area contributed by atoms with Crippen molar-refractivity contribution in [3.63, 3.8) is 0 Å². The molecule has 0 aromatic carbocycles. The van der Waals surface area contributed by atoms with Crippen molar-refractivity contribution in [3.05, 3.63) is 11.4 Å². The first-order chi connectivity index (χ1) is 8.78. The van der Waals surface area contributed by atoms with Gasteiger partial charge in [-0.1, -0.05) is 6.92 Å². The quantitative estimate of drug-likeness (QED) is 0.748. The molecule has 0 aliphatic heterocycles. The van der Waals surface area contributed by atoms with Crippen LogP contribution >= 0.6 is 11.3 Å². The number of rotatable bonds is 6. The third-order valence-electron chi connectivity index (χ3n) is 2.71. The van der Waals surface area contributed by atoms with Gasteiger partial charge in [-0.3, -0.25) is 0 Å². The summed E-state index contributed by atoms with van der Waals surface area (Å²) in [5.41, 5.74) is 0. The van der Waals surface area contributed by atoms with Crippen molar-refractivity contribution in [2.45, 2.75) is 26.3 Å². The van der Waals surface area contributed by atoms with Gasteiger partial charge in [0.1, 0.15) is 10.6 Å². The van der Waals surface area contributed by atoms with Crippen LogP contribution in [-0.4, -0.2) is 34.3 Å². The molecule has 0 bridgehead atoms. The lowest BCUT2D eigenvalue weighted by Crippen LogP contribution is -2.23. The number of aromatic nitrogens is 2. The zero-order chi connectivity index (χ0) is 13.0. The number of aliphatic hydroxyl groups excluding tert-OH is 1. The van der Waals surface area contributed by atoms with E-state index in [2.05, 4.69) is 20.6 Å². The molecule has 98 valence electrons. The fraction of sp³-hybridized carbons (Fsp3) is 0.500. The van der Waals surface area contributed by atoms with E-state index in [4.69, 9.17) is 0 Å². The van der Waals surface area contributed by atoms with Gasteiger partial charge in [-0.25, -0.2) is 4.98 Å². The van der Waals surface area contributed by atoms with Crippen molar-refractivity contribution in [1.82, 2.24) is 9.97 Å². The van der Waals surface area contributed by atoms with E-state index in [1.165, 1.54) is 0 Å². The van der Waals surface area contributed by atoms with Gasteiger partial charge in [0.15, 0.2) is 0 Å². The van der Waals surface area contributed by atoms with E-state index in [0.29, 0.717) is 5.95 Å². The summed E-state index contributed by atoms with van der Waals surface area (Å²) in [6, 6.07) is 2.03. The number of hydrogen-bond donors (Lipinski definition) is 3. The summed E-state index contributed by atoms with van der Waals surface area (Å²) in [6.07, 6.45) is 0.850. The number of anilines is 2. The Bertz CT molecular complexity index is 510. The number of hydrogen-bond acceptors (Lipinski definition) is 6. The van der Waals surface area contributed by atoms with Gasteiger partial charge in [0.05, 0.1) is 18.0 Å². The average molecular weight is 266 g/mol. The van der Waals surface area contributed by atoms with Crippen molar-refractivity contribution >= 4 is 33.3 Å². The lowest BCUT2D eigenvalue weighted by atomic mass is 10.2. The normalized spacial score (nSPS) is 12.6. The maximum absolute atomic E-state index is 9.26. The Morgan fingerprint density at radius 3 is 2.89 bits per heavy atom. The topological polar surface area (TPSA) is 70.1 Å². The lowest BCUT2D eigenvalue weighted by Gasteiger charge is -2.16. The molecule has 0 fully saturated rings. The van der Waals surface area contributed by atoms with Crippen LogP contribution in [0.1, 0.15) is 20.3 Å². The molecule has 3 N–H and O–H groups in total. The van der Waals surface area contributed by atoms with E-state index in [0.717, 1.165) is 29.0 Å². The molecule has 2 heterocycles. The maximum atomic E-state index is 9.26. The molecule has 1 unspecified atom stereocenters. The zero-order valence-electron chi connectivity index (χ0n) is 10.6. The van der Waals surface area contributed by atoms with Crippen molar-refractivity contribution in [3.8, 4) is 0 Å². The van der Waals surface area contributed by atoms with E-state index < -0.39 is 0 Å². The molecule has 2 rings (SSSR count).